The Morgan fingerprint density at radius 2 is 1.42 bits per heavy atom. The quantitative estimate of drug-likeness (QED) is 0.308. The van der Waals surface area contributed by atoms with Crippen LogP contribution in [-0.2, 0) is 48.0 Å². The van der Waals surface area contributed by atoms with Crippen molar-refractivity contribution >= 4 is 11.9 Å². The minimum atomic E-state index is -1.02. The molecule has 0 atom stereocenters. The number of methoxy groups -OCH3 is 1. The van der Waals surface area contributed by atoms with E-state index in [4.69, 9.17) is 24.1 Å². The molecule has 0 spiro atoms. The average Bonchev–Trinajstić information content (AvgIpc) is 2.34. The Hall–Kier alpha value is -0.557. The van der Waals surface area contributed by atoms with E-state index in [2.05, 4.69) is 0 Å². The molecule has 0 aromatic rings. The standard InChI is InChI=1S/C11H20O7.Zn/c1-15-4-5-16-6-7-17-8-9-18-11(14)3-2-10(12)13;/h2-9H2,1H3,(H,12,13);. The molecule has 0 saturated heterocycles. The molecule has 0 rings (SSSR count). The van der Waals surface area contributed by atoms with Gasteiger partial charge in [0, 0.05) is 26.6 Å². The molecule has 0 aromatic heterocycles. The van der Waals surface area contributed by atoms with E-state index in [1.54, 1.807) is 7.11 Å². The monoisotopic (exact) mass is 328 g/mol. The number of hydrogen-bond donors (Lipinski definition) is 1. The van der Waals surface area contributed by atoms with E-state index in [1.165, 1.54) is 0 Å². The number of ether oxygens (including phenoxy) is 4. The fourth-order valence-electron chi connectivity index (χ4n) is 0.960. The van der Waals surface area contributed by atoms with Crippen molar-refractivity contribution in [1.82, 2.24) is 0 Å². The second-order valence-electron chi connectivity index (χ2n) is 3.33. The van der Waals surface area contributed by atoms with Crippen LogP contribution >= 0.6 is 0 Å². The minimum Gasteiger partial charge on any atom is -0.481 e. The van der Waals surface area contributed by atoms with Gasteiger partial charge in [0.15, 0.2) is 0 Å². The zero-order valence-corrected chi connectivity index (χ0v) is 14.2. The molecule has 0 unspecified atom stereocenters. The number of carboxylic acids is 1. The molecule has 0 radical (unpaired) electrons. The van der Waals surface area contributed by atoms with Crippen molar-refractivity contribution in [3.8, 4) is 0 Å². The number of carbonyl (C=O) groups excluding carboxylic acids is 1. The van der Waals surface area contributed by atoms with E-state index in [0.717, 1.165) is 0 Å². The molecule has 0 saturated carbocycles. The first-order valence-electron chi connectivity index (χ1n) is 5.68. The minimum absolute atomic E-state index is 0. The van der Waals surface area contributed by atoms with Crippen LogP contribution in [0.25, 0.3) is 0 Å². The Bertz CT molecular complexity index is 235. The number of carboxylic acid groups (broad SMARTS) is 1. The molecule has 8 heteroatoms. The smallest absolute Gasteiger partial charge is 0.306 e. The van der Waals surface area contributed by atoms with Gasteiger partial charge < -0.3 is 24.1 Å². The maximum Gasteiger partial charge on any atom is 0.306 e. The van der Waals surface area contributed by atoms with Gasteiger partial charge >= 0.3 is 11.9 Å². The van der Waals surface area contributed by atoms with Gasteiger partial charge in [0.1, 0.15) is 6.61 Å². The number of rotatable bonds is 12. The first-order valence-corrected chi connectivity index (χ1v) is 5.68. The van der Waals surface area contributed by atoms with E-state index in [0.29, 0.717) is 26.4 Å². The van der Waals surface area contributed by atoms with Crippen molar-refractivity contribution < 1.29 is 53.1 Å². The van der Waals surface area contributed by atoms with Gasteiger partial charge in [-0.1, -0.05) is 0 Å². The van der Waals surface area contributed by atoms with Crippen molar-refractivity contribution in [3.05, 3.63) is 0 Å². The van der Waals surface area contributed by atoms with Crippen LogP contribution in [-0.4, -0.2) is 63.8 Å². The normalized spacial score (nSPS) is 9.74. The molecule has 0 heterocycles. The van der Waals surface area contributed by atoms with E-state index in [9.17, 15) is 9.59 Å². The van der Waals surface area contributed by atoms with Crippen molar-refractivity contribution in [2.45, 2.75) is 12.8 Å². The largest absolute Gasteiger partial charge is 0.481 e. The van der Waals surface area contributed by atoms with Gasteiger partial charge in [-0.05, 0) is 0 Å². The first kappa shape index (κ1) is 20.8. The summed E-state index contributed by atoms with van der Waals surface area (Å²) in [5, 5.41) is 8.34. The summed E-state index contributed by atoms with van der Waals surface area (Å²) >= 11 is 0. The maximum absolute atomic E-state index is 11.0. The Morgan fingerprint density at radius 3 is 1.95 bits per heavy atom. The summed E-state index contributed by atoms with van der Waals surface area (Å²) in [5.74, 6) is -1.55. The maximum atomic E-state index is 11.0. The van der Waals surface area contributed by atoms with Crippen LogP contribution < -0.4 is 0 Å². The van der Waals surface area contributed by atoms with Gasteiger partial charge in [0.2, 0.25) is 0 Å². The van der Waals surface area contributed by atoms with E-state index in [-0.39, 0.29) is 45.5 Å². The molecule has 19 heavy (non-hydrogen) atoms. The van der Waals surface area contributed by atoms with Crippen molar-refractivity contribution in [2.24, 2.45) is 0 Å². The van der Waals surface area contributed by atoms with E-state index < -0.39 is 11.9 Å². The number of aliphatic carboxylic acids is 1. The summed E-state index contributed by atoms with van der Waals surface area (Å²) in [6.45, 7) is 2.32. The predicted molar refractivity (Wildman–Crippen MR) is 61.3 cm³/mol. The van der Waals surface area contributed by atoms with Crippen LogP contribution in [0.5, 0.6) is 0 Å². The first-order chi connectivity index (χ1) is 8.66. The summed E-state index contributed by atoms with van der Waals surface area (Å²) in [7, 11) is 1.60. The Kier molecular flexibility index (Phi) is 16.9. The number of hydrogen-bond acceptors (Lipinski definition) is 6. The van der Waals surface area contributed by atoms with Crippen LogP contribution in [0.15, 0.2) is 0 Å². The molecule has 0 aromatic carbocycles. The third-order valence-corrected chi connectivity index (χ3v) is 1.84. The second-order valence-corrected chi connectivity index (χ2v) is 3.33. The topological polar surface area (TPSA) is 91.3 Å². The molecule has 0 amide bonds. The summed E-state index contributed by atoms with van der Waals surface area (Å²) in [6, 6.07) is 0. The van der Waals surface area contributed by atoms with Crippen LogP contribution in [0.3, 0.4) is 0 Å². The molecule has 0 bridgehead atoms. The molecule has 0 aliphatic rings. The number of esters is 1. The van der Waals surface area contributed by atoms with Crippen molar-refractivity contribution in [1.29, 1.82) is 0 Å². The van der Waals surface area contributed by atoms with Gasteiger partial charge in [0.25, 0.3) is 0 Å². The summed E-state index contributed by atoms with van der Waals surface area (Å²) in [5.41, 5.74) is 0. The van der Waals surface area contributed by atoms with Gasteiger partial charge in [-0.25, -0.2) is 0 Å². The molecular formula is C11H20O7Zn. The van der Waals surface area contributed by atoms with Crippen LogP contribution in [0.4, 0.5) is 0 Å². The van der Waals surface area contributed by atoms with Gasteiger partial charge in [-0.3, -0.25) is 9.59 Å². The van der Waals surface area contributed by atoms with Crippen LogP contribution in [0.2, 0.25) is 0 Å². The Labute approximate surface area is 125 Å². The molecular weight excluding hydrogens is 310 g/mol. The molecule has 1 N–H and O–H groups in total. The van der Waals surface area contributed by atoms with Crippen LogP contribution in [0, 0.1) is 0 Å². The van der Waals surface area contributed by atoms with Gasteiger partial charge in [0.05, 0.1) is 45.9 Å². The van der Waals surface area contributed by atoms with Gasteiger partial charge in [-0.15, -0.1) is 0 Å². The SMILES string of the molecule is COCCOCCOCCOC(=O)CCC(=O)O.[Zn]. The zero-order valence-electron chi connectivity index (χ0n) is 11.3. The summed E-state index contributed by atoms with van der Waals surface area (Å²) < 4.78 is 19.8. The van der Waals surface area contributed by atoms with E-state index in [1.807, 2.05) is 0 Å². The fourth-order valence-corrected chi connectivity index (χ4v) is 0.960. The molecule has 0 aliphatic carbocycles. The Balaban J connectivity index is 0. The molecule has 108 valence electrons. The molecule has 0 fully saturated rings. The average molecular weight is 330 g/mol. The number of carbonyl (C=O) groups is 2. The van der Waals surface area contributed by atoms with Gasteiger partial charge in [-0.2, -0.15) is 0 Å². The van der Waals surface area contributed by atoms with E-state index >= 15 is 0 Å². The molecule has 7 nitrogen and oxygen atoms in total. The fraction of sp³-hybridized carbons (Fsp3) is 0.818. The van der Waals surface area contributed by atoms with Crippen molar-refractivity contribution in [3.63, 3.8) is 0 Å². The molecule has 0 aliphatic heterocycles. The third-order valence-electron chi connectivity index (χ3n) is 1.84. The zero-order chi connectivity index (χ0) is 13.6. The predicted octanol–water partition coefficient (Wildman–Crippen LogP) is 0.0715. The van der Waals surface area contributed by atoms with Crippen LogP contribution in [0.1, 0.15) is 12.8 Å². The van der Waals surface area contributed by atoms with Crippen molar-refractivity contribution in [2.75, 3.05) is 46.8 Å². The Morgan fingerprint density at radius 1 is 0.895 bits per heavy atom. The summed E-state index contributed by atoms with van der Waals surface area (Å²) in [6.07, 6.45) is -0.331. The second kappa shape index (κ2) is 15.5. The summed E-state index contributed by atoms with van der Waals surface area (Å²) in [4.78, 5) is 21.1. The third kappa shape index (κ3) is 17.4.